The number of nitrogens with zero attached hydrogens (tertiary/aromatic N) is 2. The first-order chi connectivity index (χ1) is 14.7. The molecule has 4 aliphatic rings. The minimum atomic E-state index is -0.101. The van der Waals surface area contributed by atoms with Crippen molar-refractivity contribution in [1.82, 2.24) is 9.80 Å². The summed E-state index contributed by atoms with van der Waals surface area (Å²) in [4.78, 5) is 17.6. The predicted octanol–water partition coefficient (Wildman–Crippen LogP) is 4.52. The molecule has 4 heterocycles. The number of unbranched alkanes of at least 4 members (excludes halogenated alkanes) is 3. The summed E-state index contributed by atoms with van der Waals surface area (Å²) in [6, 6.07) is 4.99. The summed E-state index contributed by atoms with van der Waals surface area (Å²) >= 11 is 0. The van der Waals surface area contributed by atoms with Crippen LogP contribution in [0.3, 0.4) is 0 Å². The molecule has 0 radical (unpaired) electrons. The Labute approximate surface area is 179 Å². The zero-order valence-electron chi connectivity index (χ0n) is 18.1. The molecule has 6 nitrogen and oxygen atoms in total. The minimum absolute atomic E-state index is 0.101. The van der Waals surface area contributed by atoms with Crippen LogP contribution in [0.5, 0.6) is 11.5 Å². The van der Waals surface area contributed by atoms with Crippen molar-refractivity contribution in [2.45, 2.75) is 70.4 Å². The normalized spacial score (nSPS) is 27.2. The number of ether oxygens (including phenoxy) is 3. The quantitative estimate of drug-likeness (QED) is 0.663. The van der Waals surface area contributed by atoms with Crippen molar-refractivity contribution in [3.63, 3.8) is 0 Å². The van der Waals surface area contributed by atoms with E-state index in [0.29, 0.717) is 25.4 Å². The smallest absolute Gasteiger partial charge is 0.410 e. The maximum absolute atomic E-state index is 12.9. The summed E-state index contributed by atoms with van der Waals surface area (Å²) in [7, 11) is 0. The molecule has 5 rings (SSSR count). The average molecular weight is 415 g/mol. The lowest BCUT2D eigenvalue weighted by Gasteiger charge is -2.51. The van der Waals surface area contributed by atoms with E-state index in [1.165, 1.54) is 30.4 Å². The first kappa shape index (κ1) is 20.0. The fourth-order valence-electron chi connectivity index (χ4n) is 5.83. The highest BCUT2D eigenvalue weighted by molar-refractivity contribution is 5.68. The Morgan fingerprint density at radius 3 is 2.90 bits per heavy atom. The van der Waals surface area contributed by atoms with Gasteiger partial charge in [0.2, 0.25) is 6.79 Å². The van der Waals surface area contributed by atoms with Crippen molar-refractivity contribution >= 4 is 6.09 Å². The molecule has 3 atom stereocenters. The highest BCUT2D eigenvalue weighted by atomic mass is 16.7. The molecule has 2 fully saturated rings. The van der Waals surface area contributed by atoms with E-state index in [4.69, 9.17) is 14.2 Å². The molecular weight excluding hydrogens is 380 g/mol. The van der Waals surface area contributed by atoms with Crippen molar-refractivity contribution in [3.8, 4) is 11.5 Å². The average Bonchev–Trinajstić information content (AvgIpc) is 3.23. The third-order valence-electron chi connectivity index (χ3n) is 7.41. The zero-order valence-corrected chi connectivity index (χ0v) is 18.1. The lowest BCUT2D eigenvalue weighted by atomic mass is 9.76. The molecular formula is C24H34N2O4. The number of hydrogen-bond donors (Lipinski definition) is 0. The highest BCUT2D eigenvalue weighted by Gasteiger charge is 2.44. The molecule has 0 saturated carbocycles. The van der Waals surface area contributed by atoms with E-state index in [0.717, 1.165) is 63.2 Å². The number of piperidine rings is 2. The monoisotopic (exact) mass is 414 g/mol. The van der Waals surface area contributed by atoms with Crippen LogP contribution in [0.15, 0.2) is 12.1 Å². The van der Waals surface area contributed by atoms with Crippen LogP contribution in [0.2, 0.25) is 0 Å². The molecule has 164 valence electrons. The van der Waals surface area contributed by atoms with Gasteiger partial charge in [-0.25, -0.2) is 4.79 Å². The lowest BCUT2D eigenvalue weighted by Crippen LogP contribution is -2.57. The third-order valence-corrected chi connectivity index (χ3v) is 7.41. The molecule has 30 heavy (non-hydrogen) atoms. The van der Waals surface area contributed by atoms with Gasteiger partial charge >= 0.3 is 6.09 Å². The van der Waals surface area contributed by atoms with Gasteiger partial charge in [0.1, 0.15) is 0 Å². The van der Waals surface area contributed by atoms with Gasteiger partial charge in [0, 0.05) is 31.7 Å². The standard InChI is InChI=1S/C24H34N2O4/c1-2-3-4-5-11-28-24(27)26-9-6-7-18-15-25-10-8-17-12-22-23(30-16-29-22)13-19(17)21(25)14-20(18)26/h12-13,18,20-21H,2-11,14-16H2,1H3. The second-order valence-corrected chi connectivity index (χ2v) is 9.24. The summed E-state index contributed by atoms with van der Waals surface area (Å²) < 4.78 is 16.9. The summed E-state index contributed by atoms with van der Waals surface area (Å²) in [6.07, 6.45) is 8.76. The van der Waals surface area contributed by atoms with E-state index >= 15 is 0 Å². The van der Waals surface area contributed by atoms with Gasteiger partial charge in [-0.1, -0.05) is 26.2 Å². The first-order valence-corrected chi connectivity index (χ1v) is 11.8. The minimum Gasteiger partial charge on any atom is -0.454 e. The molecule has 0 bridgehead atoms. The highest BCUT2D eigenvalue weighted by Crippen LogP contribution is 2.46. The van der Waals surface area contributed by atoms with E-state index in [9.17, 15) is 4.79 Å². The molecule has 1 aromatic carbocycles. The maximum Gasteiger partial charge on any atom is 0.410 e. The van der Waals surface area contributed by atoms with Crippen molar-refractivity contribution in [2.75, 3.05) is 33.0 Å². The Balaban J connectivity index is 1.30. The van der Waals surface area contributed by atoms with Crippen molar-refractivity contribution in [1.29, 1.82) is 0 Å². The van der Waals surface area contributed by atoms with Gasteiger partial charge in [-0.2, -0.15) is 0 Å². The summed E-state index contributed by atoms with van der Waals surface area (Å²) in [6.45, 7) is 6.05. The van der Waals surface area contributed by atoms with Gasteiger partial charge in [-0.15, -0.1) is 0 Å². The Hall–Kier alpha value is -1.95. The van der Waals surface area contributed by atoms with E-state index in [2.05, 4.69) is 24.0 Å². The van der Waals surface area contributed by atoms with Gasteiger partial charge in [0.15, 0.2) is 11.5 Å². The molecule has 1 amide bonds. The Morgan fingerprint density at radius 2 is 2.03 bits per heavy atom. The van der Waals surface area contributed by atoms with Crippen LogP contribution in [0, 0.1) is 5.92 Å². The van der Waals surface area contributed by atoms with Crippen molar-refractivity contribution in [3.05, 3.63) is 23.3 Å². The van der Waals surface area contributed by atoms with E-state index < -0.39 is 0 Å². The number of hydrogen-bond acceptors (Lipinski definition) is 5. The molecule has 0 spiro atoms. The Kier molecular flexibility index (Phi) is 5.77. The molecule has 3 unspecified atom stereocenters. The van der Waals surface area contributed by atoms with Crippen LogP contribution < -0.4 is 9.47 Å². The first-order valence-electron chi connectivity index (χ1n) is 11.8. The van der Waals surface area contributed by atoms with Crippen LogP contribution >= 0.6 is 0 Å². The number of rotatable bonds is 5. The Morgan fingerprint density at radius 1 is 1.17 bits per heavy atom. The number of benzene rings is 1. The molecule has 1 aromatic rings. The molecule has 0 N–H and O–H groups in total. The fourth-order valence-corrected chi connectivity index (χ4v) is 5.83. The molecule has 6 heteroatoms. The number of amides is 1. The largest absolute Gasteiger partial charge is 0.454 e. The van der Waals surface area contributed by atoms with Crippen molar-refractivity contribution < 1.29 is 19.0 Å². The van der Waals surface area contributed by atoms with Crippen LogP contribution in [-0.4, -0.2) is 55.0 Å². The number of fused-ring (bicyclic) bond motifs is 5. The number of likely N-dealkylation sites (tertiary alicyclic amines) is 1. The Bertz CT molecular complexity index is 783. The zero-order chi connectivity index (χ0) is 20.5. The van der Waals surface area contributed by atoms with Crippen LogP contribution in [0.4, 0.5) is 4.79 Å². The van der Waals surface area contributed by atoms with Crippen LogP contribution in [0.25, 0.3) is 0 Å². The van der Waals surface area contributed by atoms with E-state index in [1.807, 2.05) is 4.90 Å². The lowest BCUT2D eigenvalue weighted by molar-refractivity contribution is -0.0126. The number of carbonyl (C=O) groups excluding carboxylic acids is 1. The van der Waals surface area contributed by atoms with Gasteiger partial charge in [-0.3, -0.25) is 4.90 Å². The van der Waals surface area contributed by atoms with Gasteiger partial charge < -0.3 is 19.1 Å². The van der Waals surface area contributed by atoms with Crippen LogP contribution in [0.1, 0.15) is 69.0 Å². The van der Waals surface area contributed by atoms with Gasteiger partial charge in [0.25, 0.3) is 0 Å². The summed E-state index contributed by atoms with van der Waals surface area (Å²) in [5, 5.41) is 0. The molecule has 0 aromatic heterocycles. The van der Waals surface area contributed by atoms with Gasteiger partial charge in [-0.05, 0) is 61.3 Å². The molecule has 2 saturated heterocycles. The maximum atomic E-state index is 12.9. The topological polar surface area (TPSA) is 51.2 Å². The van der Waals surface area contributed by atoms with Crippen LogP contribution in [-0.2, 0) is 11.2 Å². The summed E-state index contributed by atoms with van der Waals surface area (Å²) in [5.74, 6) is 2.30. The van der Waals surface area contributed by atoms with Crippen molar-refractivity contribution in [2.24, 2.45) is 5.92 Å². The third kappa shape index (κ3) is 3.75. The summed E-state index contributed by atoms with van der Waals surface area (Å²) in [5.41, 5.74) is 2.74. The second-order valence-electron chi connectivity index (χ2n) is 9.24. The fraction of sp³-hybridized carbons (Fsp3) is 0.708. The second kappa shape index (κ2) is 8.66. The van der Waals surface area contributed by atoms with E-state index in [-0.39, 0.29) is 12.1 Å². The number of carbonyl (C=O) groups is 1. The van der Waals surface area contributed by atoms with Gasteiger partial charge in [0.05, 0.1) is 6.61 Å². The molecule has 4 aliphatic heterocycles. The predicted molar refractivity (Wildman–Crippen MR) is 114 cm³/mol. The SMILES string of the molecule is CCCCCCOC(=O)N1CCCC2CN3CCc4cc5c(cc4C3CC21)OCO5. The molecule has 0 aliphatic carbocycles. The van der Waals surface area contributed by atoms with E-state index in [1.54, 1.807) is 0 Å².